The van der Waals surface area contributed by atoms with Crippen molar-refractivity contribution in [1.29, 1.82) is 0 Å². The maximum Gasteiger partial charge on any atom is 0.319 e. The molecule has 0 fully saturated rings. The third-order valence-corrected chi connectivity index (χ3v) is 4.90. The van der Waals surface area contributed by atoms with Gasteiger partial charge in [0, 0.05) is 30.7 Å². The smallest absolute Gasteiger partial charge is 0.319 e. The Morgan fingerprint density at radius 1 is 1.30 bits per heavy atom. The van der Waals surface area contributed by atoms with Gasteiger partial charge in [0.25, 0.3) is 5.69 Å². The van der Waals surface area contributed by atoms with E-state index in [1.165, 1.54) is 6.07 Å². The number of hydrogen-bond acceptors (Lipinski definition) is 5. The first-order valence-corrected chi connectivity index (χ1v) is 10.1. The number of benzene rings is 1. The van der Waals surface area contributed by atoms with Crippen molar-refractivity contribution >= 4 is 28.6 Å². The fourth-order valence-electron chi connectivity index (χ4n) is 3.32. The summed E-state index contributed by atoms with van der Waals surface area (Å²) in [5, 5.41) is 16.6. The maximum atomic E-state index is 11.9. The quantitative estimate of drug-likeness (QED) is 0.427. The van der Waals surface area contributed by atoms with Gasteiger partial charge >= 0.3 is 6.03 Å². The summed E-state index contributed by atoms with van der Waals surface area (Å²) in [6.07, 6.45) is 4.40. The van der Waals surface area contributed by atoms with Crippen molar-refractivity contribution < 1.29 is 9.72 Å². The minimum absolute atomic E-state index is 0.0598. The fourth-order valence-corrected chi connectivity index (χ4v) is 3.32. The molecule has 0 unspecified atom stereocenters. The molecular weight excluding hydrogens is 384 g/mol. The summed E-state index contributed by atoms with van der Waals surface area (Å²) >= 11 is 0. The largest absolute Gasteiger partial charge is 0.338 e. The van der Waals surface area contributed by atoms with E-state index in [-0.39, 0.29) is 11.7 Å². The molecule has 3 rings (SSSR count). The van der Waals surface area contributed by atoms with Gasteiger partial charge in [0.15, 0.2) is 5.65 Å². The lowest BCUT2D eigenvalue weighted by Gasteiger charge is -2.10. The molecule has 0 bridgehead atoms. The number of nitro groups is 1. The van der Waals surface area contributed by atoms with Gasteiger partial charge in [0.1, 0.15) is 11.3 Å². The Kier molecular flexibility index (Phi) is 6.61. The molecule has 0 aliphatic heterocycles. The Bertz CT molecular complexity index is 1080. The van der Waals surface area contributed by atoms with Crippen molar-refractivity contribution in [3.05, 3.63) is 57.5 Å². The summed E-state index contributed by atoms with van der Waals surface area (Å²) in [4.78, 5) is 32.0. The molecule has 0 spiro atoms. The van der Waals surface area contributed by atoms with Gasteiger partial charge in [-0.2, -0.15) is 0 Å². The van der Waals surface area contributed by atoms with Gasteiger partial charge in [0.05, 0.1) is 23.4 Å². The van der Waals surface area contributed by atoms with Crippen LogP contribution in [0.2, 0.25) is 0 Å². The highest BCUT2D eigenvalue weighted by atomic mass is 16.6. The fraction of sp³-hybridized carbons (Fsp3) is 0.381. The van der Waals surface area contributed by atoms with Gasteiger partial charge < -0.3 is 15.2 Å². The Hall–Kier alpha value is -3.49. The molecule has 0 atom stereocenters. The maximum absolute atomic E-state index is 11.9. The van der Waals surface area contributed by atoms with Crippen LogP contribution in [0.1, 0.15) is 43.6 Å². The van der Waals surface area contributed by atoms with Crippen molar-refractivity contribution in [2.75, 3.05) is 11.9 Å². The summed E-state index contributed by atoms with van der Waals surface area (Å²) in [7, 11) is 0. The number of nitro benzene ring substituents is 1. The summed E-state index contributed by atoms with van der Waals surface area (Å²) < 4.78 is 2.01. The molecule has 0 aliphatic rings. The second kappa shape index (κ2) is 9.34. The number of amides is 2. The average Bonchev–Trinajstić information content (AvgIpc) is 3.07. The molecule has 1 aromatic carbocycles. The normalized spacial score (nSPS) is 10.9. The molecule has 0 radical (unpaired) electrons. The predicted molar refractivity (Wildman–Crippen MR) is 116 cm³/mol. The molecule has 2 N–H and O–H groups in total. The van der Waals surface area contributed by atoms with Crippen LogP contribution in [-0.4, -0.2) is 32.0 Å². The molecule has 2 amide bonds. The number of carbonyl (C=O) groups is 1. The number of hydrogen-bond donors (Lipinski definition) is 2. The summed E-state index contributed by atoms with van der Waals surface area (Å²) in [6, 6.07) is 6.32. The number of rotatable bonds is 8. The molecular formula is C21H26N6O3. The zero-order chi connectivity index (χ0) is 21.7. The van der Waals surface area contributed by atoms with E-state index >= 15 is 0 Å². The molecule has 9 nitrogen and oxygen atoms in total. The molecule has 9 heteroatoms. The van der Waals surface area contributed by atoms with Crippen LogP contribution >= 0.6 is 0 Å². The number of urea groups is 1. The highest BCUT2D eigenvalue weighted by Crippen LogP contribution is 2.26. The number of aromatic nitrogens is 3. The number of nitrogens with one attached hydrogen (secondary N) is 2. The Morgan fingerprint density at radius 2 is 2.10 bits per heavy atom. The zero-order valence-corrected chi connectivity index (χ0v) is 17.4. The lowest BCUT2D eigenvalue weighted by Crippen LogP contribution is -2.28. The van der Waals surface area contributed by atoms with E-state index in [0.717, 1.165) is 41.7 Å². The zero-order valence-electron chi connectivity index (χ0n) is 17.4. The predicted octanol–water partition coefficient (Wildman–Crippen LogP) is 4.18. The van der Waals surface area contributed by atoms with Crippen molar-refractivity contribution in [3.63, 3.8) is 0 Å². The van der Waals surface area contributed by atoms with E-state index in [1.54, 1.807) is 18.3 Å². The number of fused-ring (bicyclic) bond motifs is 1. The standard InChI is InChI=1S/C21H26N6O3/c1-4-6-10-18-25-19-14(3)17(24-21(28)22-5-2)12-23-20(19)26(18)13-15-8-7-9-16(11-15)27(29)30/h7-9,11-12H,4-6,10,13H2,1-3H3,(H2,22,24,28). The molecule has 0 aliphatic carbocycles. The third kappa shape index (κ3) is 4.56. The van der Waals surface area contributed by atoms with Crippen LogP contribution in [0.4, 0.5) is 16.2 Å². The topological polar surface area (TPSA) is 115 Å². The Balaban J connectivity index is 2.03. The number of anilines is 1. The van der Waals surface area contributed by atoms with E-state index in [0.29, 0.717) is 24.4 Å². The lowest BCUT2D eigenvalue weighted by atomic mass is 10.2. The number of pyridine rings is 1. The minimum atomic E-state index is -0.394. The van der Waals surface area contributed by atoms with E-state index in [4.69, 9.17) is 4.98 Å². The molecule has 0 saturated heterocycles. The SMILES string of the molecule is CCCCc1nc2c(C)c(NC(=O)NCC)cnc2n1Cc1cccc([N+](=O)[O-])c1. The van der Waals surface area contributed by atoms with Gasteiger partial charge in [0.2, 0.25) is 0 Å². The van der Waals surface area contributed by atoms with Crippen LogP contribution in [-0.2, 0) is 13.0 Å². The molecule has 158 valence electrons. The molecule has 2 heterocycles. The van der Waals surface area contributed by atoms with Crippen LogP contribution in [0.5, 0.6) is 0 Å². The van der Waals surface area contributed by atoms with Gasteiger partial charge in [-0.05, 0) is 25.8 Å². The summed E-state index contributed by atoms with van der Waals surface area (Å²) in [6.45, 7) is 6.83. The highest BCUT2D eigenvalue weighted by Gasteiger charge is 2.17. The molecule has 2 aromatic heterocycles. The first-order valence-electron chi connectivity index (χ1n) is 10.1. The van der Waals surface area contributed by atoms with Crippen molar-refractivity contribution in [3.8, 4) is 0 Å². The molecule has 30 heavy (non-hydrogen) atoms. The number of nitrogens with zero attached hydrogens (tertiary/aromatic N) is 4. The first kappa shape index (κ1) is 21.2. The van der Waals surface area contributed by atoms with Crippen LogP contribution in [0, 0.1) is 17.0 Å². The summed E-state index contributed by atoms with van der Waals surface area (Å²) in [5.74, 6) is 0.879. The van der Waals surface area contributed by atoms with Gasteiger partial charge in [-0.25, -0.2) is 14.8 Å². The third-order valence-electron chi connectivity index (χ3n) is 4.90. The number of non-ortho nitro benzene ring substituents is 1. The van der Waals surface area contributed by atoms with Crippen molar-refractivity contribution in [2.24, 2.45) is 0 Å². The van der Waals surface area contributed by atoms with E-state index in [2.05, 4.69) is 22.5 Å². The number of carbonyl (C=O) groups excluding carboxylic acids is 1. The summed E-state index contributed by atoms with van der Waals surface area (Å²) in [5.41, 5.74) is 3.74. The van der Waals surface area contributed by atoms with E-state index in [1.807, 2.05) is 24.5 Å². The van der Waals surface area contributed by atoms with Crippen molar-refractivity contribution in [1.82, 2.24) is 19.9 Å². The van der Waals surface area contributed by atoms with Crippen molar-refractivity contribution in [2.45, 2.75) is 46.6 Å². The van der Waals surface area contributed by atoms with Crippen LogP contribution in [0.3, 0.4) is 0 Å². The van der Waals surface area contributed by atoms with Crippen LogP contribution < -0.4 is 10.6 Å². The number of unbranched alkanes of at least 4 members (excludes halogenated alkanes) is 1. The first-order chi connectivity index (χ1) is 14.4. The highest BCUT2D eigenvalue weighted by molar-refractivity contribution is 5.93. The number of imidazole rings is 1. The van der Waals surface area contributed by atoms with Gasteiger partial charge in [-0.3, -0.25) is 10.1 Å². The molecule has 3 aromatic rings. The van der Waals surface area contributed by atoms with Gasteiger partial charge in [-0.1, -0.05) is 25.5 Å². The van der Waals surface area contributed by atoms with Gasteiger partial charge in [-0.15, -0.1) is 0 Å². The molecule has 0 saturated carbocycles. The Morgan fingerprint density at radius 3 is 2.80 bits per heavy atom. The number of aryl methyl sites for hydroxylation is 2. The van der Waals surface area contributed by atoms with E-state index in [9.17, 15) is 14.9 Å². The van der Waals surface area contributed by atoms with Crippen LogP contribution in [0.15, 0.2) is 30.5 Å². The average molecular weight is 410 g/mol. The van der Waals surface area contributed by atoms with E-state index < -0.39 is 4.92 Å². The monoisotopic (exact) mass is 410 g/mol. The lowest BCUT2D eigenvalue weighted by molar-refractivity contribution is -0.384. The van der Waals surface area contributed by atoms with Crippen LogP contribution in [0.25, 0.3) is 11.2 Å². The minimum Gasteiger partial charge on any atom is -0.338 e. The second-order valence-corrected chi connectivity index (χ2v) is 7.10. The Labute approximate surface area is 174 Å². The second-order valence-electron chi connectivity index (χ2n) is 7.10.